The van der Waals surface area contributed by atoms with Gasteiger partial charge in [-0.3, -0.25) is 4.98 Å². The van der Waals surface area contributed by atoms with Crippen LogP contribution < -0.4 is 10.6 Å². The molecule has 0 N–H and O–H groups in total. The lowest BCUT2D eigenvalue weighted by molar-refractivity contribution is -0.137. The first kappa shape index (κ1) is 19.1. The van der Waals surface area contributed by atoms with Crippen LogP contribution in [0.2, 0.25) is 0 Å². The largest absolute Gasteiger partial charge is 0.417 e. The Morgan fingerprint density at radius 2 is 2.07 bits per heavy atom. The molecule has 5 rings (SSSR count). The Kier molecular flexibility index (Phi) is 4.33. The van der Waals surface area contributed by atoms with Gasteiger partial charge in [-0.2, -0.15) is 18.2 Å². The molecule has 3 aromatic heterocycles. The SMILES string of the molecule is Cc1cn2c(=O)n(CC3CCC3)nc2nc1N1CCc2ncc(C(F)(F)F)cc2C1. The van der Waals surface area contributed by atoms with Gasteiger partial charge in [-0.1, -0.05) is 6.42 Å². The maximum absolute atomic E-state index is 13.1. The van der Waals surface area contributed by atoms with Crippen molar-refractivity contribution < 1.29 is 13.2 Å². The highest BCUT2D eigenvalue weighted by atomic mass is 19.4. The highest BCUT2D eigenvalue weighted by Crippen LogP contribution is 2.32. The van der Waals surface area contributed by atoms with Gasteiger partial charge in [0, 0.05) is 49.7 Å². The number of nitrogens with zero attached hydrogens (tertiary/aromatic N) is 6. The summed E-state index contributed by atoms with van der Waals surface area (Å²) in [6.45, 7) is 3.31. The van der Waals surface area contributed by atoms with E-state index in [0.717, 1.165) is 24.6 Å². The predicted molar refractivity (Wildman–Crippen MR) is 103 cm³/mol. The van der Waals surface area contributed by atoms with Crippen molar-refractivity contribution in [2.75, 3.05) is 11.4 Å². The Morgan fingerprint density at radius 3 is 2.77 bits per heavy atom. The van der Waals surface area contributed by atoms with E-state index in [-0.39, 0.29) is 12.2 Å². The minimum atomic E-state index is -4.42. The van der Waals surface area contributed by atoms with Crippen LogP contribution >= 0.6 is 0 Å². The smallest absolute Gasteiger partial charge is 0.351 e. The quantitative estimate of drug-likeness (QED) is 0.654. The molecule has 0 atom stereocenters. The molecule has 1 aliphatic carbocycles. The molecule has 30 heavy (non-hydrogen) atoms. The van der Waals surface area contributed by atoms with Crippen LogP contribution in [-0.2, 0) is 25.7 Å². The Labute approximate surface area is 170 Å². The summed E-state index contributed by atoms with van der Waals surface area (Å²) in [6.07, 6.45) is 2.12. The number of anilines is 1. The molecule has 4 heterocycles. The molecule has 0 unspecified atom stereocenters. The number of pyridine rings is 1. The fourth-order valence-electron chi connectivity index (χ4n) is 4.15. The third-order valence-corrected chi connectivity index (χ3v) is 6.06. The molecule has 10 heteroatoms. The summed E-state index contributed by atoms with van der Waals surface area (Å²) in [5.41, 5.74) is 1.05. The summed E-state index contributed by atoms with van der Waals surface area (Å²) < 4.78 is 42.1. The van der Waals surface area contributed by atoms with Gasteiger partial charge < -0.3 is 4.90 Å². The monoisotopic (exact) mass is 418 g/mol. The first-order valence-electron chi connectivity index (χ1n) is 10.1. The maximum Gasteiger partial charge on any atom is 0.417 e. The van der Waals surface area contributed by atoms with Crippen molar-refractivity contribution in [2.24, 2.45) is 5.92 Å². The second-order valence-corrected chi connectivity index (χ2v) is 8.18. The van der Waals surface area contributed by atoms with E-state index in [1.165, 1.54) is 21.6 Å². The Hall–Kier alpha value is -2.91. The summed E-state index contributed by atoms with van der Waals surface area (Å²) in [7, 11) is 0. The van der Waals surface area contributed by atoms with Gasteiger partial charge in [-0.15, -0.1) is 5.10 Å². The van der Waals surface area contributed by atoms with Gasteiger partial charge in [0.05, 0.1) is 5.56 Å². The summed E-state index contributed by atoms with van der Waals surface area (Å²) in [5.74, 6) is 1.43. The zero-order chi connectivity index (χ0) is 21.0. The van der Waals surface area contributed by atoms with Gasteiger partial charge in [0.1, 0.15) is 5.82 Å². The number of halogens is 3. The fraction of sp³-hybridized carbons (Fsp3) is 0.500. The third kappa shape index (κ3) is 3.23. The number of rotatable bonds is 3. The van der Waals surface area contributed by atoms with Crippen molar-refractivity contribution in [2.45, 2.75) is 51.9 Å². The molecule has 0 spiro atoms. The maximum atomic E-state index is 13.1. The van der Waals surface area contributed by atoms with Crippen LogP contribution in [0.3, 0.4) is 0 Å². The minimum absolute atomic E-state index is 0.206. The van der Waals surface area contributed by atoms with Crippen LogP contribution in [0.5, 0.6) is 0 Å². The van der Waals surface area contributed by atoms with Crippen LogP contribution in [0.25, 0.3) is 5.78 Å². The summed E-state index contributed by atoms with van der Waals surface area (Å²) in [6, 6.07) is 1.17. The Bertz CT molecular complexity index is 1180. The predicted octanol–water partition coefficient (Wildman–Crippen LogP) is 2.98. The van der Waals surface area contributed by atoms with Crippen LogP contribution in [0, 0.1) is 12.8 Å². The highest BCUT2D eigenvalue weighted by Gasteiger charge is 2.33. The van der Waals surface area contributed by atoms with Crippen LogP contribution in [0.15, 0.2) is 23.3 Å². The number of alkyl halides is 3. The van der Waals surface area contributed by atoms with Gasteiger partial charge in [-0.25, -0.2) is 13.9 Å². The van der Waals surface area contributed by atoms with Crippen molar-refractivity contribution >= 4 is 11.6 Å². The van der Waals surface area contributed by atoms with Gasteiger partial charge in [0.2, 0.25) is 0 Å². The van der Waals surface area contributed by atoms with Crippen molar-refractivity contribution in [3.05, 3.63) is 51.3 Å². The second kappa shape index (κ2) is 6.82. The molecular weight excluding hydrogens is 397 g/mol. The Balaban J connectivity index is 1.47. The normalized spacial score (nSPS) is 17.3. The minimum Gasteiger partial charge on any atom is -0.351 e. The van der Waals surface area contributed by atoms with Crippen molar-refractivity contribution in [1.29, 1.82) is 0 Å². The van der Waals surface area contributed by atoms with E-state index in [9.17, 15) is 18.0 Å². The first-order valence-corrected chi connectivity index (χ1v) is 10.1. The van der Waals surface area contributed by atoms with Crippen molar-refractivity contribution in [1.82, 2.24) is 24.1 Å². The summed E-state index contributed by atoms with van der Waals surface area (Å²) in [5, 5.41) is 4.39. The number of fused-ring (bicyclic) bond motifs is 2. The number of hydrogen-bond donors (Lipinski definition) is 0. The standard InChI is InChI=1S/C20H21F3N6O/c1-12-9-28-18(26-29(19(28)30)10-13-3-2-4-13)25-17(12)27-6-5-16-14(11-27)7-15(8-24-16)20(21,22)23/h7-9,13H,2-6,10-11H2,1H3. The van der Waals surface area contributed by atoms with Crippen molar-refractivity contribution in [3.8, 4) is 0 Å². The molecule has 0 aromatic carbocycles. The molecule has 1 fully saturated rings. The number of aryl methyl sites for hydroxylation is 1. The molecule has 1 aliphatic heterocycles. The van der Waals surface area contributed by atoms with Gasteiger partial charge in [-0.05, 0) is 37.3 Å². The molecule has 3 aromatic rings. The first-order chi connectivity index (χ1) is 14.3. The lowest BCUT2D eigenvalue weighted by Crippen LogP contribution is -2.33. The van der Waals surface area contributed by atoms with Crippen LogP contribution in [0.1, 0.15) is 41.6 Å². The lowest BCUT2D eigenvalue weighted by Gasteiger charge is -2.30. The van der Waals surface area contributed by atoms with E-state index in [2.05, 4.69) is 15.1 Å². The van der Waals surface area contributed by atoms with Crippen LogP contribution in [-0.4, -0.2) is 30.7 Å². The second-order valence-electron chi connectivity index (χ2n) is 8.18. The number of hydrogen-bond acceptors (Lipinski definition) is 5. The topological polar surface area (TPSA) is 68.3 Å². The molecule has 0 radical (unpaired) electrons. The van der Waals surface area contributed by atoms with Crippen molar-refractivity contribution in [3.63, 3.8) is 0 Å². The molecule has 0 amide bonds. The average Bonchev–Trinajstić information content (AvgIpc) is 2.97. The van der Waals surface area contributed by atoms with E-state index < -0.39 is 11.7 Å². The summed E-state index contributed by atoms with van der Waals surface area (Å²) in [4.78, 5) is 23.2. The molecule has 0 saturated heterocycles. The van der Waals surface area contributed by atoms with Gasteiger partial charge >= 0.3 is 11.9 Å². The molecule has 1 saturated carbocycles. The summed E-state index contributed by atoms with van der Waals surface area (Å²) >= 11 is 0. The van der Waals surface area contributed by atoms with E-state index in [4.69, 9.17) is 0 Å². The molecule has 0 bridgehead atoms. The van der Waals surface area contributed by atoms with E-state index in [1.807, 2.05) is 11.8 Å². The zero-order valence-electron chi connectivity index (χ0n) is 16.5. The van der Waals surface area contributed by atoms with Gasteiger partial charge in [0.25, 0.3) is 5.78 Å². The van der Waals surface area contributed by atoms with Gasteiger partial charge in [0.15, 0.2) is 0 Å². The molecule has 158 valence electrons. The average molecular weight is 418 g/mol. The van der Waals surface area contributed by atoms with E-state index >= 15 is 0 Å². The van der Waals surface area contributed by atoms with E-state index in [1.54, 1.807) is 6.20 Å². The van der Waals surface area contributed by atoms with E-state index in [0.29, 0.717) is 48.3 Å². The molecular formula is C20H21F3N6O. The molecule has 2 aliphatic rings. The fourth-order valence-corrected chi connectivity index (χ4v) is 4.15. The Morgan fingerprint density at radius 1 is 1.27 bits per heavy atom. The highest BCUT2D eigenvalue weighted by molar-refractivity contribution is 5.52. The van der Waals surface area contributed by atoms with Crippen LogP contribution in [0.4, 0.5) is 19.0 Å². The molecule has 7 nitrogen and oxygen atoms in total. The lowest BCUT2D eigenvalue weighted by atomic mass is 9.86. The number of aromatic nitrogens is 5. The third-order valence-electron chi connectivity index (χ3n) is 6.06. The zero-order valence-corrected chi connectivity index (χ0v) is 16.5.